The molecular weight excluding hydrogens is 206 g/mol. The first-order valence-electron chi connectivity index (χ1n) is 5.27. The molecule has 0 aromatic heterocycles. The molecule has 0 fully saturated rings. The van der Waals surface area contributed by atoms with Gasteiger partial charge in [0.2, 0.25) is 0 Å². The summed E-state index contributed by atoms with van der Waals surface area (Å²) in [6.07, 6.45) is 3.80. The van der Waals surface area contributed by atoms with E-state index >= 15 is 0 Å². The molecule has 0 aliphatic carbocycles. The van der Waals surface area contributed by atoms with Gasteiger partial charge in [-0.3, -0.25) is 4.79 Å². The lowest BCUT2D eigenvalue weighted by atomic mass is 10.0. The number of carbonyl (C=O) groups excluding carboxylic acids is 1. The third-order valence-electron chi connectivity index (χ3n) is 2.36. The van der Waals surface area contributed by atoms with Gasteiger partial charge in [-0.15, -0.1) is 12.6 Å². The normalized spacial score (nSPS) is 10.3. The number of hydrogen-bond acceptors (Lipinski definition) is 3. The van der Waals surface area contributed by atoms with Crippen LogP contribution in [-0.4, -0.2) is 5.78 Å². The molecule has 0 amide bonds. The molecule has 0 heterocycles. The van der Waals surface area contributed by atoms with Gasteiger partial charge in [0.1, 0.15) is 0 Å². The predicted molar refractivity (Wildman–Crippen MR) is 66.6 cm³/mol. The second kappa shape index (κ2) is 5.81. The van der Waals surface area contributed by atoms with Gasteiger partial charge in [-0.25, -0.2) is 0 Å². The predicted octanol–water partition coefficient (Wildman–Crippen LogP) is 3.32. The average molecular weight is 223 g/mol. The van der Waals surface area contributed by atoms with Gasteiger partial charge in [-0.2, -0.15) is 0 Å². The van der Waals surface area contributed by atoms with Crippen LogP contribution in [0.2, 0.25) is 0 Å². The number of anilines is 1. The zero-order chi connectivity index (χ0) is 11.3. The summed E-state index contributed by atoms with van der Waals surface area (Å²) < 4.78 is 0. The molecule has 2 N–H and O–H groups in total. The van der Waals surface area contributed by atoms with E-state index in [2.05, 4.69) is 19.6 Å². The molecule has 0 saturated heterocycles. The van der Waals surface area contributed by atoms with E-state index in [1.54, 1.807) is 18.2 Å². The van der Waals surface area contributed by atoms with E-state index in [4.69, 9.17) is 5.73 Å². The lowest BCUT2D eigenvalue weighted by Crippen LogP contribution is -2.00. The highest BCUT2D eigenvalue weighted by atomic mass is 32.1. The Balaban J connectivity index is 2.62. The fourth-order valence-electron chi connectivity index (χ4n) is 1.41. The number of nitrogens with two attached hydrogens (primary N) is 1. The zero-order valence-corrected chi connectivity index (χ0v) is 9.89. The maximum Gasteiger partial charge on any atom is 0.162 e. The average Bonchev–Trinajstić information content (AvgIpc) is 2.22. The standard InChI is InChI=1S/C12H17NOS/c1-2-3-4-5-11(14)9-6-7-12(15)10(13)8-9/h6-8,15H,2-5,13H2,1H3. The topological polar surface area (TPSA) is 43.1 Å². The van der Waals surface area contributed by atoms with Crippen LogP contribution in [0.1, 0.15) is 43.0 Å². The minimum absolute atomic E-state index is 0.170. The van der Waals surface area contributed by atoms with Crippen molar-refractivity contribution < 1.29 is 4.79 Å². The molecule has 0 aliphatic rings. The second-order valence-corrected chi connectivity index (χ2v) is 4.14. The van der Waals surface area contributed by atoms with Crippen molar-refractivity contribution in [2.24, 2.45) is 0 Å². The number of unbranched alkanes of at least 4 members (excludes halogenated alkanes) is 2. The van der Waals surface area contributed by atoms with Crippen molar-refractivity contribution in [3.8, 4) is 0 Å². The Morgan fingerprint density at radius 1 is 1.40 bits per heavy atom. The molecule has 0 bridgehead atoms. The van der Waals surface area contributed by atoms with E-state index in [-0.39, 0.29) is 5.78 Å². The van der Waals surface area contributed by atoms with Gasteiger partial charge in [-0.1, -0.05) is 25.8 Å². The van der Waals surface area contributed by atoms with E-state index in [0.717, 1.165) is 24.2 Å². The summed E-state index contributed by atoms with van der Waals surface area (Å²) in [5.74, 6) is 0.170. The Morgan fingerprint density at radius 3 is 2.73 bits per heavy atom. The minimum Gasteiger partial charge on any atom is -0.398 e. The molecule has 1 aromatic carbocycles. The number of hydrogen-bond donors (Lipinski definition) is 2. The van der Waals surface area contributed by atoms with Crippen molar-refractivity contribution >= 4 is 24.1 Å². The monoisotopic (exact) mass is 223 g/mol. The molecule has 82 valence electrons. The highest BCUT2D eigenvalue weighted by Gasteiger charge is 2.06. The Bertz CT molecular complexity index is 349. The first-order valence-corrected chi connectivity index (χ1v) is 5.71. The van der Waals surface area contributed by atoms with Crippen LogP contribution in [0.15, 0.2) is 23.1 Å². The van der Waals surface area contributed by atoms with E-state index in [1.807, 2.05) is 0 Å². The Labute approximate surface area is 96.3 Å². The zero-order valence-electron chi connectivity index (χ0n) is 8.99. The van der Waals surface area contributed by atoms with Crippen molar-refractivity contribution in [3.05, 3.63) is 23.8 Å². The van der Waals surface area contributed by atoms with Crippen LogP contribution >= 0.6 is 12.6 Å². The summed E-state index contributed by atoms with van der Waals surface area (Å²) in [5.41, 5.74) is 6.95. The van der Waals surface area contributed by atoms with Crippen LogP contribution in [-0.2, 0) is 0 Å². The Morgan fingerprint density at radius 2 is 2.13 bits per heavy atom. The van der Waals surface area contributed by atoms with Gasteiger partial charge in [-0.05, 0) is 18.6 Å². The van der Waals surface area contributed by atoms with Gasteiger partial charge in [0, 0.05) is 22.6 Å². The van der Waals surface area contributed by atoms with E-state index in [1.165, 1.54) is 0 Å². The number of nitrogen functional groups attached to an aromatic ring is 1. The number of carbonyl (C=O) groups is 1. The third-order valence-corrected chi connectivity index (χ3v) is 2.76. The number of rotatable bonds is 5. The van der Waals surface area contributed by atoms with E-state index in [0.29, 0.717) is 17.7 Å². The van der Waals surface area contributed by atoms with Crippen LogP contribution < -0.4 is 5.73 Å². The minimum atomic E-state index is 0.170. The molecule has 1 rings (SSSR count). The van der Waals surface area contributed by atoms with Crippen molar-refractivity contribution in [1.82, 2.24) is 0 Å². The van der Waals surface area contributed by atoms with Crippen LogP contribution in [0.5, 0.6) is 0 Å². The van der Waals surface area contributed by atoms with E-state index < -0.39 is 0 Å². The summed E-state index contributed by atoms with van der Waals surface area (Å²) >= 11 is 4.16. The maximum absolute atomic E-state index is 11.7. The third kappa shape index (κ3) is 3.59. The molecule has 0 atom stereocenters. The summed E-state index contributed by atoms with van der Waals surface area (Å²) in [4.78, 5) is 12.4. The summed E-state index contributed by atoms with van der Waals surface area (Å²) in [6, 6.07) is 5.26. The molecule has 0 unspecified atom stereocenters. The number of Topliss-reactive ketones (excluding diaryl/α,β-unsaturated/α-hetero) is 1. The fourth-order valence-corrected chi connectivity index (χ4v) is 1.55. The number of ketones is 1. The van der Waals surface area contributed by atoms with E-state index in [9.17, 15) is 4.79 Å². The first-order chi connectivity index (χ1) is 7.15. The van der Waals surface area contributed by atoms with Gasteiger partial charge >= 0.3 is 0 Å². The van der Waals surface area contributed by atoms with Gasteiger partial charge < -0.3 is 5.73 Å². The summed E-state index contributed by atoms with van der Waals surface area (Å²) in [5, 5.41) is 0. The van der Waals surface area contributed by atoms with Crippen LogP contribution in [0.4, 0.5) is 5.69 Å². The van der Waals surface area contributed by atoms with Gasteiger partial charge in [0.05, 0.1) is 0 Å². The van der Waals surface area contributed by atoms with Crippen LogP contribution in [0.3, 0.4) is 0 Å². The molecule has 0 saturated carbocycles. The Hall–Kier alpha value is -0.960. The number of thiol groups is 1. The molecule has 15 heavy (non-hydrogen) atoms. The van der Waals surface area contributed by atoms with Crippen molar-refractivity contribution in [2.45, 2.75) is 37.5 Å². The molecule has 2 nitrogen and oxygen atoms in total. The molecule has 0 aliphatic heterocycles. The summed E-state index contributed by atoms with van der Waals surface area (Å²) in [6.45, 7) is 2.12. The van der Waals surface area contributed by atoms with Crippen LogP contribution in [0, 0.1) is 0 Å². The number of benzene rings is 1. The van der Waals surface area contributed by atoms with Gasteiger partial charge in [0.25, 0.3) is 0 Å². The molecule has 3 heteroatoms. The quantitative estimate of drug-likeness (QED) is 0.348. The smallest absolute Gasteiger partial charge is 0.162 e. The highest BCUT2D eigenvalue weighted by molar-refractivity contribution is 7.80. The first kappa shape index (κ1) is 12.1. The lowest BCUT2D eigenvalue weighted by Gasteiger charge is -2.03. The van der Waals surface area contributed by atoms with Crippen LogP contribution in [0.25, 0.3) is 0 Å². The molecular formula is C12H17NOS. The van der Waals surface area contributed by atoms with Crippen molar-refractivity contribution in [1.29, 1.82) is 0 Å². The lowest BCUT2D eigenvalue weighted by molar-refractivity contribution is 0.0979. The maximum atomic E-state index is 11.7. The molecule has 0 radical (unpaired) electrons. The Kier molecular flexibility index (Phi) is 4.69. The molecule has 1 aromatic rings. The fraction of sp³-hybridized carbons (Fsp3) is 0.417. The second-order valence-electron chi connectivity index (χ2n) is 3.65. The van der Waals surface area contributed by atoms with Crippen molar-refractivity contribution in [3.63, 3.8) is 0 Å². The van der Waals surface area contributed by atoms with Gasteiger partial charge in [0.15, 0.2) is 5.78 Å². The highest BCUT2D eigenvalue weighted by Crippen LogP contribution is 2.19. The van der Waals surface area contributed by atoms with Crippen molar-refractivity contribution in [2.75, 3.05) is 5.73 Å². The SMILES string of the molecule is CCCCCC(=O)c1ccc(S)c(N)c1. The summed E-state index contributed by atoms with van der Waals surface area (Å²) in [7, 11) is 0. The largest absolute Gasteiger partial charge is 0.398 e. The molecule has 0 spiro atoms.